The van der Waals surface area contributed by atoms with E-state index in [0.29, 0.717) is 17.8 Å². The zero-order chi connectivity index (χ0) is 19.3. The van der Waals surface area contributed by atoms with Gasteiger partial charge in [0.1, 0.15) is 5.82 Å². The normalized spacial score (nSPS) is 12.3. The van der Waals surface area contributed by atoms with Crippen molar-refractivity contribution in [3.63, 3.8) is 0 Å². The highest BCUT2D eigenvalue weighted by Crippen LogP contribution is 2.19. The first-order valence-electron chi connectivity index (χ1n) is 8.36. The molecule has 0 bridgehead atoms. The van der Waals surface area contributed by atoms with Crippen molar-refractivity contribution in [1.82, 2.24) is 5.32 Å². The Hall–Kier alpha value is -2.73. The number of carbonyl (C=O) groups excluding carboxylic acids is 2. The molecule has 0 saturated heterocycles. The molecule has 6 heteroatoms. The van der Waals surface area contributed by atoms with Gasteiger partial charge >= 0.3 is 0 Å². The van der Waals surface area contributed by atoms with Gasteiger partial charge in [0.15, 0.2) is 0 Å². The maximum atomic E-state index is 12.9. The minimum absolute atomic E-state index is 0.251. The number of benzene rings is 2. The Morgan fingerprint density at radius 1 is 1.04 bits per heavy atom. The summed E-state index contributed by atoms with van der Waals surface area (Å²) in [5, 5.41) is 5.51. The molecule has 2 aromatic carbocycles. The second-order valence-electron chi connectivity index (χ2n) is 7.22. The molecule has 0 unspecified atom stereocenters. The molecule has 0 fully saturated rings. The number of halogens is 1. The molecule has 0 aliphatic carbocycles. The number of nitrogens with two attached hydrogens (primary N) is 1. The van der Waals surface area contributed by atoms with Crippen LogP contribution in [0.2, 0.25) is 0 Å². The van der Waals surface area contributed by atoms with Crippen LogP contribution in [0.5, 0.6) is 0 Å². The fourth-order valence-corrected chi connectivity index (χ4v) is 2.20. The maximum Gasteiger partial charge on any atom is 0.251 e. The van der Waals surface area contributed by atoms with Gasteiger partial charge in [0, 0.05) is 17.8 Å². The third-order valence-electron chi connectivity index (χ3n) is 4.00. The topological polar surface area (TPSA) is 84.2 Å². The van der Waals surface area contributed by atoms with Crippen LogP contribution in [0.25, 0.3) is 0 Å². The molecule has 0 spiro atoms. The largest absolute Gasteiger partial charge is 0.348 e. The first kappa shape index (κ1) is 19.6. The Labute approximate surface area is 152 Å². The van der Waals surface area contributed by atoms with Crippen LogP contribution in [-0.4, -0.2) is 17.9 Å². The lowest BCUT2D eigenvalue weighted by atomic mass is 9.87. The minimum atomic E-state index is -0.638. The summed E-state index contributed by atoms with van der Waals surface area (Å²) < 4.78 is 12.9. The summed E-state index contributed by atoms with van der Waals surface area (Å²) in [6.45, 7) is 5.99. The molecule has 0 radical (unpaired) electrons. The fraction of sp³-hybridized carbons (Fsp3) is 0.300. The van der Waals surface area contributed by atoms with Crippen molar-refractivity contribution in [2.75, 3.05) is 5.32 Å². The molecule has 0 aliphatic rings. The van der Waals surface area contributed by atoms with Gasteiger partial charge in [-0.3, -0.25) is 9.59 Å². The summed E-state index contributed by atoms with van der Waals surface area (Å²) in [6, 6.07) is 11.8. The summed E-state index contributed by atoms with van der Waals surface area (Å²) in [5.74, 6) is -0.839. The van der Waals surface area contributed by atoms with Crippen LogP contribution < -0.4 is 16.4 Å². The van der Waals surface area contributed by atoms with Crippen molar-refractivity contribution < 1.29 is 14.0 Å². The lowest BCUT2D eigenvalue weighted by Gasteiger charge is -2.25. The number of carbonyl (C=O) groups is 2. The molecule has 0 heterocycles. The summed E-state index contributed by atoms with van der Waals surface area (Å²) in [6.07, 6.45) is 0. The van der Waals surface area contributed by atoms with Gasteiger partial charge < -0.3 is 16.4 Å². The molecule has 5 nitrogen and oxygen atoms in total. The van der Waals surface area contributed by atoms with Gasteiger partial charge in [-0.25, -0.2) is 4.39 Å². The fourth-order valence-electron chi connectivity index (χ4n) is 2.20. The van der Waals surface area contributed by atoms with Gasteiger partial charge in [0.05, 0.1) is 6.04 Å². The highest BCUT2D eigenvalue weighted by molar-refractivity contribution is 5.97. The molecule has 26 heavy (non-hydrogen) atoms. The number of rotatable bonds is 5. The number of anilines is 1. The van der Waals surface area contributed by atoms with E-state index in [4.69, 9.17) is 5.73 Å². The average Bonchev–Trinajstić information content (AvgIpc) is 2.60. The van der Waals surface area contributed by atoms with Crippen LogP contribution in [-0.2, 0) is 11.3 Å². The summed E-state index contributed by atoms with van der Waals surface area (Å²) in [4.78, 5) is 24.3. The van der Waals surface area contributed by atoms with Crippen molar-refractivity contribution in [3.05, 3.63) is 65.5 Å². The Balaban J connectivity index is 1.92. The quantitative estimate of drug-likeness (QED) is 0.769. The molecule has 0 saturated carbocycles. The highest BCUT2D eigenvalue weighted by Gasteiger charge is 2.27. The van der Waals surface area contributed by atoms with E-state index in [0.717, 1.165) is 5.56 Å². The van der Waals surface area contributed by atoms with Crippen LogP contribution in [0.1, 0.15) is 36.7 Å². The van der Waals surface area contributed by atoms with E-state index in [2.05, 4.69) is 10.6 Å². The first-order valence-corrected chi connectivity index (χ1v) is 8.36. The third-order valence-corrected chi connectivity index (χ3v) is 4.00. The third kappa shape index (κ3) is 5.39. The summed E-state index contributed by atoms with van der Waals surface area (Å²) in [7, 11) is 0. The zero-order valence-electron chi connectivity index (χ0n) is 15.2. The van der Waals surface area contributed by atoms with E-state index in [9.17, 15) is 14.0 Å². The SMILES string of the molecule is CC(C)(C)[C@H](N)C(=O)Nc1ccc(C(=O)NCc2ccc(F)cc2)cc1. The van der Waals surface area contributed by atoms with E-state index < -0.39 is 6.04 Å². The Kier molecular flexibility index (Phi) is 6.10. The number of hydrogen-bond donors (Lipinski definition) is 3. The molecular weight excluding hydrogens is 333 g/mol. The molecule has 138 valence electrons. The number of hydrogen-bond acceptors (Lipinski definition) is 3. The zero-order valence-corrected chi connectivity index (χ0v) is 15.2. The second-order valence-corrected chi connectivity index (χ2v) is 7.22. The number of amides is 2. The summed E-state index contributed by atoms with van der Waals surface area (Å²) in [5.41, 5.74) is 7.42. The molecule has 2 rings (SSSR count). The second kappa shape index (κ2) is 8.10. The van der Waals surface area contributed by atoms with Crippen LogP contribution >= 0.6 is 0 Å². The van der Waals surface area contributed by atoms with Gasteiger partial charge in [-0.1, -0.05) is 32.9 Å². The van der Waals surface area contributed by atoms with Crippen LogP contribution in [0, 0.1) is 11.2 Å². The minimum Gasteiger partial charge on any atom is -0.348 e. The van der Waals surface area contributed by atoms with Gasteiger partial charge in [0.2, 0.25) is 5.91 Å². The van der Waals surface area contributed by atoms with E-state index in [1.165, 1.54) is 12.1 Å². The van der Waals surface area contributed by atoms with Gasteiger partial charge in [-0.15, -0.1) is 0 Å². The van der Waals surface area contributed by atoms with Crippen LogP contribution in [0.3, 0.4) is 0 Å². The molecule has 2 amide bonds. The smallest absolute Gasteiger partial charge is 0.251 e. The maximum absolute atomic E-state index is 12.9. The van der Waals surface area contributed by atoms with Gasteiger partial charge in [-0.05, 0) is 47.4 Å². The Bertz CT molecular complexity index is 765. The van der Waals surface area contributed by atoms with Crippen molar-refractivity contribution in [2.24, 2.45) is 11.1 Å². The molecular formula is C20H24FN3O2. The molecule has 4 N–H and O–H groups in total. The molecule has 2 aromatic rings. The monoisotopic (exact) mass is 357 g/mol. The predicted molar refractivity (Wildman–Crippen MR) is 100 cm³/mol. The Morgan fingerprint density at radius 3 is 2.15 bits per heavy atom. The standard InChI is InChI=1S/C20H24FN3O2/c1-20(2,3)17(22)19(26)24-16-10-6-14(7-11-16)18(25)23-12-13-4-8-15(21)9-5-13/h4-11,17H,12,22H2,1-3H3,(H,23,25)(H,24,26)/t17-/m1/s1. The van der Waals surface area contributed by atoms with E-state index in [1.807, 2.05) is 20.8 Å². The predicted octanol–water partition coefficient (Wildman–Crippen LogP) is 3.07. The van der Waals surface area contributed by atoms with E-state index in [-0.39, 0.29) is 23.0 Å². The van der Waals surface area contributed by atoms with E-state index in [1.54, 1.807) is 36.4 Å². The van der Waals surface area contributed by atoms with Gasteiger partial charge in [0.25, 0.3) is 5.91 Å². The van der Waals surface area contributed by atoms with Crippen molar-refractivity contribution >= 4 is 17.5 Å². The Morgan fingerprint density at radius 2 is 1.62 bits per heavy atom. The van der Waals surface area contributed by atoms with Crippen LogP contribution in [0.15, 0.2) is 48.5 Å². The van der Waals surface area contributed by atoms with E-state index >= 15 is 0 Å². The van der Waals surface area contributed by atoms with Crippen molar-refractivity contribution in [3.8, 4) is 0 Å². The molecule has 0 aliphatic heterocycles. The van der Waals surface area contributed by atoms with Crippen LogP contribution in [0.4, 0.5) is 10.1 Å². The lowest BCUT2D eigenvalue weighted by Crippen LogP contribution is -2.45. The number of nitrogens with one attached hydrogen (secondary N) is 2. The van der Waals surface area contributed by atoms with Gasteiger partial charge in [-0.2, -0.15) is 0 Å². The van der Waals surface area contributed by atoms with Crippen molar-refractivity contribution in [2.45, 2.75) is 33.4 Å². The van der Waals surface area contributed by atoms with Crippen molar-refractivity contribution in [1.29, 1.82) is 0 Å². The molecule has 1 atom stereocenters. The highest BCUT2D eigenvalue weighted by atomic mass is 19.1. The first-order chi connectivity index (χ1) is 12.2. The molecule has 0 aromatic heterocycles. The lowest BCUT2D eigenvalue weighted by molar-refractivity contribution is -0.119. The average molecular weight is 357 g/mol. The summed E-state index contributed by atoms with van der Waals surface area (Å²) >= 11 is 0.